The first-order valence-electron chi connectivity index (χ1n) is 5.32. The van der Waals surface area contributed by atoms with Crippen molar-refractivity contribution in [2.45, 2.75) is 34.2 Å². The van der Waals surface area contributed by atoms with Crippen molar-refractivity contribution in [3.63, 3.8) is 0 Å². The van der Waals surface area contributed by atoms with E-state index in [0.717, 1.165) is 12.2 Å². The van der Waals surface area contributed by atoms with Gasteiger partial charge in [-0.2, -0.15) is 0 Å². The van der Waals surface area contributed by atoms with Crippen LogP contribution in [0.4, 0.5) is 5.82 Å². The minimum atomic E-state index is 0.182. The van der Waals surface area contributed by atoms with E-state index in [1.807, 2.05) is 11.5 Å². The van der Waals surface area contributed by atoms with Crippen molar-refractivity contribution in [3.8, 4) is 0 Å². The molecule has 86 valence electrons. The molecular weight excluding hydrogens is 202 g/mol. The monoisotopic (exact) mass is 219 g/mol. The Bertz CT molecular complexity index is 521. The van der Waals surface area contributed by atoms with Crippen molar-refractivity contribution in [2.75, 3.05) is 5.73 Å². The second kappa shape index (κ2) is 3.43. The quantitative estimate of drug-likeness (QED) is 0.793. The summed E-state index contributed by atoms with van der Waals surface area (Å²) < 4.78 is 2.03. The lowest BCUT2D eigenvalue weighted by molar-refractivity contribution is 0.347. The van der Waals surface area contributed by atoms with Gasteiger partial charge in [0.15, 0.2) is 11.5 Å². The first kappa shape index (κ1) is 10.9. The van der Waals surface area contributed by atoms with Crippen LogP contribution in [0.1, 0.15) is 26.6 Å². The van der Waals surface area contributed by atoms with Gasteiger partial charge in [-0.1, -0.05) is 20.8 Å². The summed E-state index contributed by atoms with van der Waals surface area (Å²) in [5.41, 5.74) is 7.50. The van der Waals surface area contributed by atoms with Gasteiger partial charge >= 0.3 is 0 Å². The van der Waals surface area contributed by atoms with Gasteiger partial charge in [-0.15, -0.1) is 0 Å². The normalized spacial score (nSPS) is 12.2. The van der Waals surface area contributed by atoms with Crippen molar-refractivity contribution in [3.05, 3.63) is 12.2 Å². The Balaban J connectivity index is 2.56. The molecule has 0 fully saturated rings. The molecule has 0 spiro atoms. The summed E-state index contributed by atoms with van der Waals surface area (Å²) in [5.74, 6) is 1.14. The molecular formula is C11H17N5. The summed E-state index contributed by atoms with van der Waals surface area (Å²) in [6, 6.07) is 0. The fourth-order valence-electron chi connectivity index (χ4n) is 1.71. The van der Waals surface area contributed by atoms with Gasteiger partial charge in [0.2, 0.25) is 0 Å². The summed E-state index contributed by atoms with van der Waals surface area (Å²) in [7, 11) is 0. The lowest BCUT2D eigenvalue weighted by Crippen LogP contribution is -2.15. The van der Waals surface area contributed by atoms with Crippen LogP contribution in [0.5, 0.6) is 0 Å². The Morgan fingerprint density at radius 3 is 2.62 bits per heavy atom. The highest BCUT2D eigenvalue weighted by molar-refractivity contribution is 5.81. The summed E-state index contributed by atoms with van der Waals surface area (Å²) >= 11 is 0. The van der Waals surface area contributed by atoms with E-state index >= 15 is 0 Å². The third-order valence-corrected chi connectivity index (χ3v) is 2.25. The molecule has 5 heteroatoms. The molecule has 0 saturated carbocycles. The molecule has 2 aromatic rings. The molecule has 0 aliphatic heterocycles. The third kappa shape index (κ3) is 1.98. The van der Waals surface area contributed by atoms with E-state index in [-0.39, 0.29) is 5.41 Å². The smallest absolute Gasteiger partial charge is 0.165 e. The average molecular weight is 219 g/mol. The molecule has 2 N–H and O–H groups in total. The van der Waals surface area contributed by atoms with Crippen LogP contribution in [-0.4, -0.2) is 19.5 Å². The molecule has 5 nitrogen and oxygen atoms in total. The average Bonchev–Trinajstić information content (AvgIpc) is 2.46. The van der Waals surface area contributed by atoms with Gasteiger partial charge in [0.05, 0.1) is 6.33 Å². The van der Waals surface area contributed by atoms with Gasteiger partial charge in [-0.25, -0.2) is 15.0 Å². The van der Waals surface area contributed by atoms with Gasteiger partial charge in [-0.3, -0.25) is 0 Å². The lowest BCUT2D eigenvalue weighted by atomic mass is 9.97. The summed E-state index contributed by atoms with van der Waals surface area (Å²) in [4.78, 5) is 12.7. The summed E-state index contributed by atoms with van der Waals surface area (Å²) in [5, 5.41) is 0. The minimum Gasteiger partial charge on any atom is -0.382 e. The second-order valence-corrected chi connectivity index (χ2v) is 5.26. The van der Waals surface area contributed by atoms with Crippen LogP contribution in [0.3, 0.4) is 0 Å². The van der Waals surface area contributed by atoms with Gasteiger partial charge in [0.25, 0.3) is 0 Å². The van der Waals surface area contributed by atoms with Gasteiger partial charge in [0, 0.05) is 6.54 Å². The molecule has 0 bridgehead atoms. The van der Waals surface area contributed by atoms with Crippen LogP contribution in [0.25, 0.3) is 11.2 Å². The number of hydrogen-bond donors (Lipinski definition) is 1. The van der Waals surface area contributed by atoms with Crippen molar-refractivity contribution in [1.29, 1.82) is 0 Å². The van der Waals surface area contributed by atoms with E-state index in [0.29, 0.717) is 17.2 Å². The maximum Gasteiger partial charge on any atom is 0.165 e. The zero-order chi connectivity index (χ0) is 11.9. The zero-order valence-corrected chi connectivity index (χ0v) is 10.2. The third-order valence-electron chi connectivity index (χ3n) is 2.25. The number of fused-ring (bicyclic) bond motifs is 1. The van der Waals surface area contributed by atoms with Crippen LogP contribution in [0.15, 0.2) is 6.33 Å². The summed E-state index contributed by atoms with van der Waals surface area (Å²) in [6.07, 6.45) is 1.78. The lowest BCUT2D eigenvalue weighted by Gasteiger charge is -2.18. The fourth-order valence-corrected chi connectivity index (χ4v) is 1.71. The topological polar surface area (TPSA) is 69.6 Å². The molecule has 0 atom stereocenters. The maximum atomic E-state index is 5.81. The fraction of sp³-hybridized carbons (Fsp3) is 0.545. The van der Waals surface area contributed by atoms with Crippen molar-refractivity contribution in [2.24, 2.45) is 5.41 Å². The molecule has 0 amide bonds. The molecule has 0 aliphatic rings. The number of aryl methyl sites for hydroxylation is 1. The van der Waals surface area contributed by atoms with Crippen LogP contribution in [0.2, 0.25) is 0 Å². The van der Waals surface area contributed by atoms with Crippen molar-refractivity contribution < 1.29 is 0 Å². The number of nitrogen functional groups attached to an aromatic ring is 1. The van der Waals surface area contributed by atoms with E-state index in [4.69, 9.17) is 5.73 Å². The van der Waals surface area contributed by atoms with Crippen molar-refractivity contribution >= 4 is 17.0 Å². The standard InChI is InChI=1S/C11H17N5/c1-7-14-9(12)8-10(15-7)16(6-13-8)5-11(2,3)4/h6H,5H2,1-4H3,(H2,12,14,15). The van der Waals surface area contributed by atoms with E-state index in [2.05, 4.69) is 35.7 Å². The Morgan fingerprint density at radius 1 is 1.31 bits per heavy atom. The molecule has 0 saturated heterocycles. The first-order valence-corrected chi connectivity index (χ1v) is 5.32. The second-order valence-electron chi connectivity index (χ2n) is 5.26. The van der Waals surface area contributed by atoms with Gasteiger partial charge in [-0.05, 0) is 12.3 Å². The number of rotatable bonds is 1. The molecule has 2 aromatic heterocycles. The van der Waals surface area contributed by atoms with Crippen LogP contribution < -0.4 is 5.73 Å². The molecule has 0 aromatic carbocycles. The Labute approximate surface area is 94.7 Å². The number of nitrogens with two attached hydrogens (primary N) is 1. The number of aromatic nitrogens is 4. The predicted molar refractivity (Wildman–Crippen MR) is 63.9 cm³/mol. The maximum absolute atomic E-state index is 5.81. The minimum absolute atomic E-state index is 0.182. The molecule has 2 heterocycles. The first-order chi connectivity index (χ1) is 7.37. The number of nitrogens with zero attached hydrogens (tertiary/aromatic N) is 4. The number of anilines is 1. The molecule has 0 unspecified atom stereocenters. The van der Waals surface area contributed by atoms with Gasteiger partial charge < -0.3 is 10.3 Å². The SMILES string of the molecule is Cc1nc(N)c2ncn(CC(C)(C)C)c2n1. The van der Waals surface area contributed by atoms with E-state index in [9.17, 15) is 0 Å². The Morgan fingerprint density at radius 2 is 2.00 bits per heavy atom. The Kier molecular flexibility index (Phi) is 2.33. The summed E-state index contributed by atoms with van der Waals surface area (Å²) in [6.45, 7) is 9.23. The van der Waals surface area contributed by atoms with Crippen LogP contribution in [0, 0.1) is 12.3 Å². The molecule has 16 heavy (non-hydrogen) atoms. The van der Waals surface area contributed by atoms with E-state index < -0.39 is 0 Å². The largest absolute Gasteiger partial charge is 0.382 e. The van der Waals surface area contributed by atoms with Crippen LogP contribution in [-0.2, 0) is 6.54 Å². The number of hydrogen-bond acceptors (Lipinski definition) is 4. The van der Waals surface area contributed by atoms with Crippen molar-refractivity contribution in [1.82, 2.24) is 19.5 Å². The van der Waals surface area contributed by atoms with Gasteiger partial charge in [0.1, 0.15) is 11.3 Å². The molecule has 0 aliphatic carbocycles. The molecule has 0 radical (unpaired) electrons. The van der Waals surface area contributed by atoms with E-state index in [1.165, 1.54) is 0 Å². The zero-order valence-electron chi connectivity index (χ0n) is 10.2. The predicted octanol–water partition coefficient (Wildman–Crippen LogP) is 1.76. The Hall–Kier alpha value is -1.65. The van der Waals surface area contributed by atoms with Crippen LogP contribution >= 0.6 is 0 Å². The highest BCUT2D eigenvalue weighted by Crippen LogP contribution is 2.21. The van der Waals surface area contributed by atoms with E-state index in [1.54, 1.807) is 6.33 Å². The number of imidazole rings is 1. The highest BCUT2D eigenvalue weighted by Gasteiger charge is 2.15. The molecule has 2 rings (SSSR count). The highest BCUT2D eigenvalue weighted by atomic mass is 15.1.